The number of halogens is 1. The maximum Gasteiger partial charge on any atom is 0.123 e. The van der Waals surface area contributed by atoms with Crippen LogP contribution in [0.25, 0.3) is 0 Å². The lowest BCUT2D eigenvalue weighted by Gasteiger charge is -2.39. The van der Waals surface area contributed by atoms with Gasteiger partial charge in [0, 0.05) is 29.9 Å². The molecular weight excluding hydrogens is 285 g/mol. The van der Waals surface area contributed by atoms with E-state index >= 15 is 0 Å². The number of fused-ring (bicyclic) bond motifs is 2. The number of benzene rings is 1. The monoisotopic (exact) mass is 302 g/mol. The molecule has 2 aliphatic rings. The van der Waals surface area contributed by atoms with Crippen LogP contribution in [-0.4, -0.2) is 18.0 Å². The molecular formula is C17H17FNOS. The molecule has 2 aliphatic heterocycles. The maximum absolute atomic E-state index is 13.3. The number of piperidine rings is 1. The summed E-state index contributed by atoms with van der Waals surface area (Å²) in [6.45, 7) is 3.59. The molecule has 4 heteroatoms. The lowest BCUT2D eigenvalue weighted by atomic mass is 9.84. The van der Waals surface area contributed by atoms with Crippen molar-refractivity contribution in [1.29, 1.82) is 0 Å². The number of hydrogen-bond donors (Lipinski definition) is 0. The van der Waals surface area contributed by atoms with Crippen LogP contribution >= 0.6 is 11.3 Å². The zero-order valence-electron chi connectivity index (χ0n) is 11.8. The molecule has 1 radical (unpaired) electrons. The van der Waals surface area contributed by atoms with Gasteiger partial charge in [0.2, 0.25) is 0 Å². The Morgan fingerprint density at radius 3 is 2.90 bits per heavy atom. The Labute approximate surface area is 128 Å². The summed E-state index contributed by atoms with van der Waals surface area (Å²) in [4.78, 5) is 3.83. The topological polar surface area (TPSA) is 12.5 Å². The molecule has 1 aromatic heterocycles. The zero-order chi connectivity index (χ0) is 14.3. The number of thiophene rings is 1. The van der Waals surface area contributed by atoms with E-state index in [2.05, 4.69) is 16.3 Å². The highest BCUT2D eigenvalue weighted by molar-refractivity contribution is 7.09. The highest BCUT2D eigenvalue weighted by Crippen LogP contribution is 2.44. The van der Waals surface area contributed by atoms with Crippen LogP contribution in [0.4, 0.5) is 4.39 Å². The summed E-state index contributed by atoms with van der Waals surface area (Å²) < 4.78 is 19.4. The molecule has 1 aromatic carbocycles. The molecule has 3 heterocycles. The van der Waals surface area contributed by atoms with E-state index in [0.29, 0.717) is 6.61 Å². The van der Waals surface area contributed by atoms with Crippen molar-refractivity contribution in [2.24, 2.45) is 0 Å². The molecule has 0 saturated carbocycles. The smallest absolute Gasteiger partial charge is 0.123 e. The summed E-state index contributed by atoms with van der Waals surface area (Å²) in [6, 6.07) is 9.22. The van der Waals surface area contributed by atoms with Gasteiger partial charge in [-0.25, -0.2) is 4.39 Å². The fourth-order valence-corrected chi connectivity index (χ4v) is 4.15. The first-order valence-corrected chi connectivity index (χ1v) is 8.17. The standard InChI is InChI=1S/C17H17FNOS/c18-14-3-4-16-13(10-14)12-20-17(16)5-7-19(8-6-17)11-15-2-1-9-21-15/h1-4,10H,5-8,11-12H2. The SMILES string of the molecule is Fc1ccc2c(c1)COC21CCN(Cc2cc[c]s2)CC1. The minimum atomic E-state index is -0.179. The van der Waals surface area contributed by atoms with Crippen molar-refractivity contribution in [2.75, 3.05) is 13.1 Å². The first-order valence-electron chi connectivity index (χ1n) is 7.35. The number of likely N-dealkylation sites (tertiary alicyclic amines) is 1. The number of hydrogen-bond acceptors (Lipinski definition) is 3. The fourth-order valence-electron chi connectivity index (χ4n) is 3.48. The van der Waals surface area contributed by atoms with Gasteiger partial charge in [0.05, 0.1) is 12.2 Å². The van der Waals surface area contributed by atoms with E-state index in [-0.39, 0.29) is 11.4 Å². The Kier molecular flexibility index (Phi) is 3.32. The van der Waals surface area contributed by atoms with Gasteiger partial charge in [-0.1, -0.05) is 6.07 Å². The highest BCUT2D eigenvalue weighted by Gasteiger charge is 2.42. The van der Waals surface area contributed by atoms with Gasteiger partial charge >= 0.3 is 0 Å². The van der Waals surface area contributed by atoms with E-state index in [9.17, 15) is 4.39 Å². The van der Waals surface area contributed by atoms with Crippen LogP contribution in [0.3, 0.4) is 0 Å². The summed E-state index contributed by atoms with van der Waals surface area (Å²) in [6.07, 6.45) is 1.97. The van der Waals surface area contributed by atoms with Crippen LogP contribution in [-0.2, 0) is 23.5 Å². The molecule has 2 nitrogen and oxygen atoms in total. The van der Waals surface area contributed by atoms with Crippen LogP contribution in [0.5, 0.6) is 0 Å². The summed E-state index contributed by atoms with van der Waals surface area (Å²) in [5.74, 6) is -0.166. The fraction of sp³-hybridized carbons (Fsp3) is 0.412. The van der Waals surface area contributed by atoms with E-state index in [1.807, 2.05) is 12.1 Å². The summed E-state index contributed by atoms with van der Waals surface area (Å²) in [5, 5.41) is 3.14. The van der Waals surface area contributed by atoms with E-state index in [4.69, 9.17) is 4.74 Å². The molecule has 0 amide bonds. The molecule has 0 unspecified atom stereocenters. The van der Waals surface area contributed by atoms with Crippen molar-refractivity contribution in [1.82, 2.24) is 4.90 Å². The van der Waals surface area contributed by atoms with Crippen LogP contribution in [0.2, 0.25) is 0 Å². The van der Waals surface area contributed by atoms with Gasteiger partial charge in [0.25, 0.3) is 0 Å². The van der Waals surface area contributed by atoms with Crippen molar-refractivity contribution in [2.45, 2.75) is 31.6 Å². The number of nitrogens with zero attached hydrogens (tertiary/aromatic N) is 1. The summed E-state index contributed by atoms with van der Waals surface area (Å²) >= 11 is 1.69. The first-order chi connectivity index (χ1) is 10.3. The largest absolute Gasteiger partial charge is 0.365 e. The molecule has 21 heavy (non-hydrogen) atoms. The maximum atomic E-state index is 13.3. The van der Waals surface area contributed by atoms with Gasteiger partial charge in [-0.3, -0.25) is 4.90 Å². The molecule has 109 valence electrons. The Morgan fingerprint density at radius 2 is 2.14 bits per heavy atom. The van der Waals surface area contributed by atoms with Crippen molar-refractivity contribution in [3.8, 4) is 0 Å². The van der Waals surface area contributed by atoms with Crippen molar-refractivity contribution >= 4 is 11.3 Å². The third kappa shape index (κ3) is 2.41. The summed E-state index contributed by atoms with van der Waals surface area (Å²) in [7, 11) is 0. The number of rotatable bonds is 2. The quantitative estimate of drug-likeness (QED) is 0.838. The predicted molar refractivity (Wildman–Crippen MR) is 80.5 cm³/mol. The highest BCUT2D eigenvalue weighted by atomic mass is 32.1. The van der Waals surface area contributed by atoms with Gasteiger partial charge in [-0.2, -0.15) is 0 Å². The number of ether oxygens (including phenoxy) is 1. The zero-order valence-corrected chi connectivity index (χ0v) is 12.6. The minimum absolute atomic E-state index is 0.166. The van der Waals surface area contributed by atoms with Crippen molar-refractivity contribution in [3.63, 3.8) is 0 Å². The second-order valence-corrected chi connectivity index (χ2v) is 6.84. The molecule has 0 atom stereocenters. The third-order valence-corrected chi connectivity index (χ3v) is 5.41. The van der Waals surface area contributed by atoms with Gasteiger partial charge in [0.1, 0.15) is 5.82 Å². The summed E-state index contributed by atoms with van der Waals surface area (Å²) in [5.41, 5.74) is 2.05. The lowest BCUT2D eigenvalue weighted by molar-refractivity contribution is -0.0798. The Bertz CT molecular complexity index is 632. The molecule has 0 bridgehead atoms. The van der Waals surface area contributed by atoms with Crippen LogP contribution in [0.1, 0.15) is 28.8 Å². The predicted octanol–water partition coefficient (Wildman–Crippen LogP) is 3.71. The van der Waals surface area contributed by atoms with E-state index < -0.39 is 0 Å². The Balaban J connectivity index is 1.48. The van der Waals surface area contributed by atoms with Crippen LogP contribution in [0, 0.1) is 11.2 Å². The van der Waals surface area contributed by atoms with Crippen molar-refractivity contribution < 1.29 is 9.13 Å². The molecule has 1 spiro atoms. The molecule has 0 aliphatic carbocycles. The van der Waals surface area contributed by atoms with E-state index in [1.165, 1.54) is 10.4 Å². The molecule has 4 rings (SSSR count). The van der Waals surface area contributed by atoms with Crippen LogP contribution in [0.15, 0.2) is 30.3 Å². The average molecular weight is 302 g/mol. The first kappa shape index (κ1) is 13.4. The minimum Gasteiger partial charge on any atom is -0.365 e. The van der Waals surface area contributed by atoms with E-state index in [0.717, 1.165) is 38.0 Å². The molecule has 2 aromatic rings. The second kappa shape index (κ2) is 5.20. The van der Waals surface area contributed by atoms with Gasteiger partial charge in [-0.05, 0) is 48.2 Å². The average Bonchev–Trinajstić information content (AvgIpc) is 3.11. The molecule has 1 fully saturated rings. The molecule has 0 N–H and O–H groups in total. The Hall–Kier alpha value is -1.23. The lowest BCUT2D eigenvalue weighted by Crippen LogP contribution is -2.42. The second-order valence-electron chi connectivity index (χ2n) is 5.88. The van der Waals surface area contributed by atoms with E-state index in [1.54, 1.807) is 23.5 Å². The van der Waals surface area contributed by atoms with Gasteiger partial charge < -0.3 is 4.74 Å². The molecule has 1 saturated heterocycles. The Morgan fingerprint density at radius 1 is 1.29 bits per heavy atom. The normalized spacial score (nSPS) is 20.8. The third-order valence-electron chi connectivity index (χ3n) is 4.63. The van der Waals surface area contributed by atoms with Crippen LogP contribution < -0.4 is 0 Å². The van der Waals surface area contributed by atoms with Crippen molar-refractivity contribution in [3.05, 3.63) is 57.5 Å². The van der Waals surface area contributed by atoms with Gasteiger partial charge in [-0.15, -0.1) is 11.3 Å². The van der Waals surface area contributed by atoms with Gasteiger partial charge in [0.15, 0.2) is 0 Å².